The Morgan fingerprint density at radius 2 is 2.00 bits per heavy atom. The highest BCUT2D eigenvalue weighted by Gasteiger charge is 2.12. The standard InChI is InChI=1S/C11H11ClO4/c1-6(13)7(2)16-10-4-8(11(14)15)3-9(12)5-10/h3-5,7H,1-2H3,(H,14,15). The van der Waals surface area contributed by atoms with Crippen LogP contribution in [0.5, 0.6) is 5.75 Å². The highest BCUT2D eigenvalue weighted by atomic mass is 35.5. The molecule has 0 spiro atoms. The van der Waals surface area contributed by atoms with Crippen LogP contribution in [0, 0.1) is 0 Å². The number of benzene rings is 1. The van der Waals surface area contributed by atoms with Crippen molar-refractivity contribution in [2.75, 3.05) is 0 Å². The van der Waals surface area contributed by atoms with E-state index in [0.29, 0.717) is 0 Å². The second-order valence-electron chi connectivity index (χ2n) is 3.35. The Bertz CT molecular complexity index is 428. The van der Waals surface area contributed by atoms with Crippen molar-refractivity contribution in [1.29, 1.82) is 0 Å². The summed E-state index contributed by atoms with van der Waals surface area (Å²) in [6, 6.07) is 4.11. The van der Waals surface area contributed by atoms with Crippen molar-refractivity contribution in [1.82, 2.24) is 0 Å². The van der Waals surface area contributed by atoms with Gasteiger partial charge in [-0.1, -0.05) is 11.6 Å². The van der Waals surface area contributed by atoms with Gasteiger partial charge in [0, 0.05) is 5.02 Å². The van der Waals surface area contributed by atoms with E-state index in [2.05, 4.69) is 0 Å². The average Bonchev–Trinajstić information content (AvgIpc) is 2.16. The monoisotopic (exact) mass is 242 g/mol. The molecule has 0 amide bonds. The Morgan fingerprint density at radius 1 is 1.38 bits per heavy atom. The molecule has 0 saturated heterocycles. The van der Waals surface area contributed by atoms with Crippen molar-refractivity contribution in [3.05, 3.63) is 28.8 Å². The molecule has 86 valence electrons. The Labute approximate surface area is 97.8 Å². The van der Waals surface area contributed by atoms with Crippen LogP contribution < -0.4 is 4.74 Å². The summed E-state index contributed by atoms with van der Waals surface area (Å²) >= 11 is 5.73. The highest BCUT2D eigenvalue weighted by Crippen LogP contribution is 2.22. The van der Waals surface area contributed by atoms with E-state index >= 15 is 0 Å². The quantitative estimate of drug-likeness (QED) is 0.881. The maximum Gasteiger partial charge on any atom is 0.335 e. The Morgan fingerprint density at radius 3 is 2.50 bits per heavy atom. The molecule has 0 bridgehead atoms. The van der Waals surface area contributed by atoms with Gasteiger partial charge in [-0.25, -0.2) is 4.79 Å². The molecule has 5 heteroatoms. The first kappa shape index (κ1) is 12.5. The summed E-state index contributed by atoms with van der Waals surface area (Å²) in [4.78, 5) is 21.7. The maximum absolute atomic E-state index is 11.0. The molecule has 1 N–H and O–H groups in total. The molecule has 0 fully saturated rings. The average molecular weight is 243 g/mol. The molecule has 0 aliphatic carbocycles. The van der Waals surface area contributed by atoms with E-state index in [0.717, 1.165) is 0 Å². The predicted molar refractivity (Wildman–Crippen MR) is 59.2 cm³/mol. The van der Waals surface area contributed by atoms with Crippen LogP contribution in [0.1, 0.15) is 24.2 Å². The SMILES string of the molecule is CC(=O)C(C)Oc1cc(Cl)cc(C(=O)O)c1. The number of aromatic carboxylic acids is 1. The molecule has 0 aliphatic heterocycles. The van der Waals surface area contributed by atoms with Gasteiger partial charge < -0.3 is 9.84 Å². The number of halogens is 1. The van der Waals surface area contributed by atoms with Crippen LogP contribution in [-0.2, 0) is 4.79 Å². The smallest absolute Gasteiger partial charge is 0.335 e. The molecule has 0 aliphatic rings. The molecule has 1 unspecified atom stereocenters. The number of carboxylic acids is 1. The number of hydrogen-bond acceptors (Lipinski definition) is 3. The number of Topliss-reactive ketones (excluding diaryl/α,β-unsaturated/α-hetero) is 1. The van der Waals surface area contributed by atoms with Crippen molar-refractivity contribution in [2.24, 2.45) is 0 Å². The predicted octanol–water partition coefficient (Wildman–Crippen LogP) is 2.39. The molecule has 1 rings (SSSR count). The lowest BCUT2D eigenvalue weighted by atomic mass is 10.2. The van der Waals surface area contributed by atoms with Crippen LogP contribution in [-0.4, -0.2) is 23.0 Å². The Balaban J connectivity index is 2.97. The second kappa shape index (κ2) is 4.99. The third-order valence-electron chi connectivity index (χ3n) is 2.00. The molecule has 0 heterocycles. The third kappa shape index (κ3) is 3.24. The van der Waals surface area contributed by atoms with E-state index in [1.165, 1.54) is 25.1 Å². The first-order valence-corrected chi connectivity index (χ1v) is 4.99. The molecule has 1 aromatic rings. The van der Waals surface area contributed by atoms with Gasteiger partial charge in [0.2, 0.25) is 0 Å². The van der Waals surface area contributed by atoms with Gasteiger partial charge in [-0.3, -0.25) is 4.79 Å². The number of carboxylic acid groups (broad SMARTS) is 1. The van der Waals surface area contributed by atoms with Crippen molar-refractivity contribution in [3.8, 4) is 5.75 Å². The minimum atomic E-state index is -1.09. The zero-order valence-corrected chi connectivity index (χ0v) is 9.62. The minimum Gasteiger partial charge on any atom is -0.483 e. The molecule has 0 radical (unpaired) electrons. The Hall–Kier alpha value is -1.55. The van der Waals surface area contributed by atoms with E-state index in [1.807, 2.05) is 0 Å². The molecular formula is C11H11ClO4. The molecule has 4 nitrogen and oxygen atoms in total. The van der Waals surface area contributed by atoms with E-state index in [9.17, 15) is 9.59 Å². The van der Waals surface area contributed by atoms with Crippen molar-refractivity contribution >= 4 is 23.4 Å². The zero-order chi connectivity index (χ0) is 12.3. The number of ketones is 1. The van der Waals surface area contributed by atoms with Gasteiger partial charge in [-0.05, 0) is 32.0 Å². The van der Waals surface area contributed by atoms with Crippen LogP contribution in [0.2, 0.25) is 5.02 Å². The summed E-state index contributed by atoms with van der Waals surface area (Å²) in [6.07, 6.45) is -0.625. The topological polar surface area (TPSA) is 63.6 Å². The largest absolute Gasteiger partial charge is 0.483 e. The number of ether oxygens (including phenoxy) is 1. The second-order valence-corrected chi connectivity index (χ2v) is 3.79. The van der Waals surface area contributed by atoms with E-state index in [1.54, 1.807) is 6.92 Å². The minimum absolute atomic E-state index is 0.0262. The summed E-state index contributed by atoms with van der Waals surface area (Å²) in [7, 11) is 0. The summed E-state index contributed by atoms with van der Waals surface area (Å²) in [5.41, 5.74) is 0.0262. The zero-order valence-electron chi connectivity index (χ0n) is 8.86. The van der Waals surface area contributed by atoms with Crippen LogP contribution in [0.4, 0.5) is 0 Å². The van der Waals surface area contributed by atoms with Crippen LogP contribution >= 0.6 is 11.6 Å². The molecule has 16 heavy (non-hydrogen) atoms. The van der Waals surface area contributed by atoms with Gasteiger partial charge in [0.15, 0.2) is 11.9 Å². The first-order valence-electron chi connectivity index (χ1n) is 4.61. The maximum atomic E-state index is 11.0. The van der Waals surface area contributed by atoms with E-state index < -0.39 is 12.1 Å². The number of rotatable bonds is 4. The van der Waals surface area contributed by atoms with Gasteiger partial charge in [0.05, 0.1) is 5.56 Å². The summed E-state index contributed by atoms with van der Waals surface area (Å²) < 4.78 is 5.25. The van der Waals surface area contributed by atoms with Gasteiger partial charge in [-0.15, -0.1) is 0 Å². The molecular weight excluding hydrogens is 232 g/mol. The fraction of sp³-hybridized carbons (Fsp3) is 0.273. The fourth-order valence-electron chi connectivity index (χ4n) is 1.04. The first-order chi connectivity index (χ1) is 7.40. The van der Waals surface area contributed by atoms with Crippen LogP contribution in [0.25, 0.3) is 0 Å². The van der Waals surface area contributed by atoms with Crippen molar-refractivity contribution < 1.29 is 19.4 Å². The third-order valence-corrected chi connectivity index (χ3v) is 2.22. The van der Waals surface area contributed by atoms with E-state index in [4.69, 9.17) is 21.4 Å². The number of carbonyl (C=O) groups excluding carboxylic acids is 1. The normalized spacial score (nSPS) is 11.9. The van der Waals surface area contributed by atoms with Crippen LogP contribution in [0.3, 0.4) is 0 Å². The van der Waals surface area contributed by atoms with Crippen LogP contribution in [0.15, 0.2) is 18.2 Å². The number of hydrogen-bond donors (Lipinski definition) is 1. The fourth-order valence-corrected chi connectivity index (χ4v) is 1.27. The van der Waals surface area contributed by atoms with Gasteiger partial charge in [0.1, 0.15) is 5.75 Å². The lowest BCUT2D eigenvalue weighted by Gasteiger charge is -2.12. The van der Waals surface area contributed by atoms with E-state index in [-0.39, 0.29) is 22.1 Å². The summed E-state index contributed by atoms with van der Waals surface area (Å²) in [6.45, 7) is 2.98. The van der Waals surface area contributed by atoms with Gasteiger partial charge in [0.25, 0.3) is 0 Å². The summed E-state index contributed by atoms with van der Waals surface area (Å²) in [5.74, 6) is -0.965. The number of carbonyl (C=O) groups is 2. The van der Waals surface area contributed by atoms with Crippen molar-refractivity contribution in [3.63, 3.8) is 0 Å². The summed E-state index contributed by atoms with van der Waals surface area (Å²) in [5, 5.41) is 9.05. The van der Waals surface area contributed by atoms with Crippen molar-refractivity contribution in [2.45, 2.75) is 20.0 Å². The van der Waals surface area contributed by atoms with Gasteiger partial charge >= 0.3 is 5.97 Å². The Kier molecular flexibility index (Phi) is 3.90. The highest BCUT2D eigenvalue weighted by molar-refractivity contribution is 6.31. The lowest BCUT2D eigenvalue weighted by Crippen LogP contribution is -2.20. The molecule has 0 saturated carbocycles. The van der Waals surface area contributed by atoms with Gasteiger partial charge in [-0.2, -0.15) is 0 Å². The lowest BCUT2D eigenvalue weighted by molar-refractivity contribution is -0.122. The molecule has 1 atom stereocenters. The molecule has 0 aromatic heterocycles. The molecule has 1 aromatic carbocycles.